The number of quaternary nitrogens is 1. The first kappa shape index (κ1) is 20.1. The maximum absolute atomic E-state index is 6.34. The van der Waals surface area contributed by atoms with Crippen molar-refractivity contribution in [1.29, 1.82) is 0 Å². The zero-order valence-corrected chi connectivity index (χ0v) is 15.0. The van der Waals surface area contributed by atoms with E-state index in [9.17, 15) is 0 Å². The Balaban J connectivity index is 0.00000361. The van der Waals surface area contributed by atoms with Crippen molar-refractivity contribution in [3.8, 4) is 0 Å². The number of hydrogen-bond acceptors (Lipinski definition) is 0. The van der Waals surface area contributed by atoms with E-state index in [4.69, 9.17) is 23.2 Å². The normalized spacial score (nSPS) is 11.2. The number of hydrogen-bond donors (Lipinski definition) is 0. The van der Waals surface area contributed by atoms with Gasteiger partial charge in [-0.15, -0.1) is 0 Å². The molecule has 116 valence electrons. The molecule has 0 heterocycles. The Morgan fingerprint density at radius 1 is 0.900 bits per heavy atom. The second-order valence-corrected chi connectivity index (χ2v) is 6.25. The fourth-order valence-electron chi connectivity index (χ4n) is 3.01. The third kappa shape index (κ3) is 5.81. The molecule has 0 radical (unpaired) electrons. The van der Waals surface area contributed by atoms with Gasteiger partial charge in [0.15, 0.2) is 0 Å². The van der Waals surface area contributed by atoms with Gasteiger partial charge in [-0.1, -0.05) is 50.0 Å². The van der Waals surface area contributed by atoms with E-state index in [2.05, 4.69) is 26.8 Å². The average molecular weight is 339 g/mol. The highest BCUT2D eigenvalue weighted by molar-refractivity contribution is 6.35. The molecule has 0 spiro atoms. The summed E-state index contributed by atoms with van der Waals surface area (Å²) in [5.41, 5.74) is 1.22. The second-order valence-electron chi connectivity index (χ2n) is 5.41. The van der Waals surface area contributed by atoms with Crippen molar-refractivity contribution < 1.29 is 16.9 Å². The Morgan fingerprint density at radius 3 is 1.80 bits per heavy atom. The van der Waals surface area contributed by atoms with Crippen LogP contribution in [0.5, 0.6) is 0 Å². The number of benzene rings is 1. The minimum absolute atomic E-state index is 0. The highest BCUT2D eigenvalue weighted by Gasteiger charge is 2.26. The zero-order chi connectivity index (χ0) is 14.3. The van der Waals surface area contributed by atoms with E-state index in [1.807, 2.05) is 12.1 Å². The summed E-state index contributed by atoms with van der Waals surface area (Å²) in [6.45, 7) is 11.5. The van der Waals surface area contributed by atoms with Crippen LogP contribution in [0.4, 0.5) is 0 Å². The Hall–Kier alpha value is 0.0500. The van der Waals surface area contributed by atoms with Crippen LogP contribution in [0.15, 0.2) is 18.2 Å². The first-order chi connectivity index (χ1) is 9.06. The van der Waals surface area contributed by atoms with E-state index in [0.29, 0.717) is 5.02 Å². The van der Waals surface area contributed by atoms with Crippen LogP contribution in [-0.4, -0.2) is 24.1 Å². The predicted molar refractivity (Wildman–Crippen MR) is 85.9 cm³/mol. The van der Waals surface area contributed by atoms with Crippen LogP contribution < -0.4 is 12.4 Å². The van der Waals surface area contributed by atoms with Crippen molar-refractivity contribution in [2.75, 3.05) is 19.6 Å². The van der Waals surface area contributed by atoms with Crippen LogP contribution >= 0.6 is 23.2 Å². The zero-order valence-electron chi connectivity index (χ0n) is 12.8. The lowest BCUT2D eigenvalue weighted by atomic mass is 10.1. The maximum Gasteiger partial charge on any atom is 0.106 e. The second kappa shape index (κ2) is 9.89. The Bertz CT molecular complexity index is 376. The molecule has 1 aromatic rings. The summed E-state index contributed by atoms with van der Waals surface area (Å²) in [5.74, 6) is 0. The summed E-state index contributed by atoms with van der Waals surface area (Å²) in [6, 6.07) is 5.89. The molecule has 0 aromatic heterocycles. The molecule has 0 aliphatic heterocycles. The van der Waals surface area contributed by atoms with Crippen LogP contribution in [-0.2, 0) is 6.54 Å². The topological polar surface area (TPSA) is 0 Å². The summed E-state index contributed by atoms with van der Waals surface area (Å²) < 4.78 is 1.14. The van der Waals surface area contributed by atoms with E-state index in [1.165, 1.54) is 44.5 Å². The fourth-order valence-corrected chi connectivity index (χ4v) is 3.48. The van der Waals surface area contributed by atoms with Gasteiger partial charge in [0.1, 0.15) is 6.54 Å². The molecule has 1 aromatic carbocycles. The van der Waals surface area contributed by atoms with Gasteiger partial charge in [-0.05, 0) is 31.4 Å². The molecule has 0 saturated carbocycles. The molecular formula is C16H26Cl3N. The summed E-state index contributed by atoms with van der Waals surface area (Å²) in [7, 11) is 0. The molecule has 1 rings (SSSR count). The third-order valence-corrected chi connectivity index (χ3v) is 4.20. The van der Waals surface area contributed by atoms with Crippen LogP contribution in [0, 0.1) is 0 Å². The van der Waals surface area contributed by atoms with Crippen LogP contribution in [0.1, 0.15) is 45.6 Å². The minimum atomic E-state index is 0. The fraction of sp³-hybridized carbons (Fsp3) is 0.625. The van der Waals surface area contributed by atoms with Crippen molar-refractivity contribution in [1.82, 2.24) is 0 Å². The molecule has 1 nitrogen and oxygen atoms in total. The molecule has 0 saturated heterocycles. The lowest BCUT2D eigenvalue weighted by molar-refractivity contribution is -0.941. The number of rotatable bonds is 8. The van der Waals surface area contributed by atoms with Gasteiger partial charge >= 0.3 is 0 Å². The summed E-state index contributed by atoms with van der Waals surface area (Å²) in [6.07, 6.45) is 3.64. The van der Waals surface area contributed by atoms with Gasteiger partial charge in [-0.25, -0.2) is 0 Å². The van der Waals surface area contributed by atoms with Crippen LogP contribution in [0.3, 0.4) is 0 Å². The van der Waals surface area contributed by atoms with Crippen molar-refractivity contribution >= 4 is 23.2 Å². The first-order valence-corrected chi connectivity index (χ1v) is 8.11. The standard InChI is InChI=1S/C16H26Cl2N.ClH/c1-4-9-19(10-5-2,11-6-3)13-14-7-8-15(17)12-16(14)18;/h7-8,12H,4-6,9-11,13H2,1-3H3;1H/q+1;/p-1. The molecular weight excluding hydrogens is 313 g/mol. The molecule has 20 heavy (non-hydrogen) atoms. The predicted octanol–water partition coefficient (Wildman–Crippen LogP) is 2.54. The van der Waals surface area contributed by atoms with Gasteiger partial charge in [0.25, 0.3) is 0 Å². The number of nitrogens with zero attached hydrogens (tertiary/aromatic N) is 1. The SMILES string of the molecule is CCC[N+](CCC)(CCC)Cc1ccc(Cl)cc1Cl.[Cl-]. The van der Waals surface area contributed by atoms with Gasteiger partial charge in [0.2, 0.25) is 0 Å². The van der Waals surface area contributed by atoms with Gasteiger partial charge < -0.3 is 16.9 Å². The summed E-state index contributed by atoms with van der Waals surface area (Å²) >= 11 is 12.3. The van der Waals surface area contributed by atoms with Crippen LogP contribution in [0.25, 0.3) is 0 Å². The number of halogens is 3. The van der Waals surface area contributed by atoms with Crippen molar-refractivity contribution in [3.63, 3.8) is 0 Å². The Labute approximate surface area is 140 Å². The monoisotopic (exact) mass is 337 g/mol. The smallest absolute Gasteiger partial charge is 0.106 e. The third-order valence-electron chi connectivity index (χ3n) is 3.61. The first-order valence-electron chi connectivity index (χ1n) is 7.36. The molecule has 0 bridgehead atoms. The lowest BCUT2D eigenvalue weighted by Gasteiger charge is -2.38. The highest BCUT2D eigenvalue weighted by atomic mass is 35.5. The van der Waals surface area contributed by atoms with Gasteiger partial charge in [0.05, 0.1) is 24.7 Å². The summed E-state index contributed by atoms with van der Waals surface area (Å²) in [5, 5.41) is 1.52. The minimum Gasteiger partial charge on any atom is -1.00 e. The molecule has 0 aliphatic rings. The molecule has 0 amide bonds. The maximum atomic E-state index is 6.34. The van der Waals surface area contributed by atoms with Gasteiger partial charge in [-0.2, -0.15) is 0 Å². The van der Waals surface area contributed by atoms with E-state index < -0.39 is 0 Å². The largest absolute Gasteiger partial charge is 1.00 e. The molecule has 4 heteroatoms. The summed E-state index contributed by atoms with van der Waals surface area (Å²) in [4.78, 5) is 0. The average Bonchev–Trinajstić information content (AvgIpc) is 2.34. The molecule has 0 fully saturated rings. The quantitative estimate of drug-likeness (QED) is 0.639. The molecule has 0 atom stereocenters. The molecule has 0 aliphatic carbocycles. The van der Waals surface area contributed by atoms with Gasteiger partial charge in [-0.3, -0.25) is 0 Å². The highest BCUT2D eigenvalue weighted by Crippen LogP contribution is 2.26. The van der Waals surface area contributed by atoms with E-state index in [1.54, 1.807) is 0 Å². The molecule has 0 N–H and O–H groups in total. The lowest BCUT2D eigenvalue weighted by Crippen LogP contribution is -3.00. The Morgan fingerprint density at radius 2 is 1.40 bits per heavy atom. The molecule has 0 unspecified atom stereocenters. The van der Waals surface area contributed by atoms with E-state index in [-0.39, 0.29) is 12.4 Å². The van der Waals surface area contributed by atoms with Crippen molar-refractivity contribution in [3.05, 3.63) is 33.8 Å². The van der Waals surface area contributed by atoms with Crippen LogP contribution in [0.2, 0.25) is 10.0 Å². The van der Waals surface area contributed by atoms with E-state index >= 15 is 0 Å². The van der Waals surface area contributed by atoms with Crippen molar-refractivity contribution in [2.45, 2.75) is 46.6 Å². The van der Waals surface area contributed by atoms with E-state index in [0.717, 1.165) is 16.1 Å². The van der Waals surface area contributed by atoms with Gasteiger partial charge in [0, 0.05) is 10.6 Å². The van der Waals surface area contributed by atoms with Crippen molar-refractivity contribution in [2.24, 2.45) is 0 Å². The Kier molecular flexibility index (Phi) is 9.92.